The van der Waals surface area contributed by atoms with Gasteiger partial charge >= 0.3 is 5.97 Å². The van der Waals surface area contributed by atoms with Crippen molar-refractivity contribution < 1.29 is 9.90 Å². The van der Waals surface area contributed by atoms with Crippen molar-refractivity contribution in [3.63, 3.8) is 0 Å². The first kappa shape index (κ1) is 10.5. The van der Waals surface area contributed by atoms with E-state index in [1.165, 1.54) is 0 Å². The highest BCUT2D eigenvalue weighted by atomic mass is 16.4. The van der Waals surface area contributed by atoms with Crippen LogP contribution in [0, 0.1) is 0 Å². The molecular formula is C9H18N2O2. The molecule has 0 amide bonds. The summed E-state index contributed by atoms with van der Waals surface area (Å²) in [4.78, 5) is 15.1. The van der Waals surface area contributed by atoms with Gasteiger partial charge in [-0.05, 0) is 40.5 Å². The van der Waals surface area contributed by atoms with Crippen molar-refractivity contribution in [2.45, 2.75) is 18.4 Å². The number of likely N-dealkylation sites (N-methyl/N-ethyl adjacent to an activating group) is 2. The van der Waals surface area contributed by atoms with Gasteiger partial charge in [0, 0.05) is 6.54 Å². The molecule has 0 aromatic rings. The molecule has 0 saturated carbocycles. The quantitative estimate of drug-likeness (QED) is 0.664. The Kier molecular flexibility index (Phi) is 2.93. The van der Waals surface area contributed by atoms with Crippen LogP contribution < -0.4 is 0 Å². The first-order valence-corrected chi connectivity index (χ1v) is 4.58. The van der Waals surface area contributed by atoms with Crippen molar-refractivity contribution in [1.29, 1.82) is 0 Å². The van der Waals surface area contributed by atoms with Crippen LogP contribution in [0.4, 0.5) is 0 Å². The molecule has 0 aliphatic carbocycles. The predicted molar refractivity (Wildman–Crippen MR) is 50.8 cm³/mol. The van der Waals surface area contributed by atoms with Crippen LogP contribution in [0.25, 0.3) is 0 Å². The van der Waals surface area contributed by atoms with Gasteiger partial charge in [-0.25, -0.2) is 0 Å². The van der Waals surface area contributed by atoms with E-state index in [-0.39, 0.29) is 0 Å². The zero-order valence-electron chi connectivity index (χ0n) is 8.58. The van der Waals surface area contributed by atoms with E-state index < -0.39 is 11.5 Å². The minimum Gasteiger partial charge on any atom is -0.480 e. The van der Waals surface area contributed by atoms with E-state index in [0.717, 1.165) is 19.4 Å². The lowest BCUT2D eigenvalue weighted by atomic mass is 9.88. The van der Waals surface area contributed by atoms with Crippen molar-refractivity contribution >= 4 is 5.97 Å². The van der Waals surface area contributed by atoms with Crippen molar-refractivity contribution in [1.82, 2.24) is 9.80 Å². The molecule has 1 atom stereocenters. The number of likely N-dealkylation sites (tertiary alicyclic amines) is 1. The summed E-state index contributed by atoms with van der Waals surface area (Å²) in [5, 5.41) is 9.21. The van der Waals surface area contributed by atoms with Gasteiger partial charge in [-0.3, -0.25) is 9.69 Å². The summed E-state index contributed by atoms with van der Waals surface area (Å²) in [5.74, 6) is -0.705. The number of rotatable bonds is 2. The highest BCUT2D eigenvalue weighted by Crippen LogP contribution is 2.25. The minimum absolute atomic E-state index is 0.620. The number of aliphatic carboxylic acids is 1. The molecule has 76 valence electrons. The second-order valence-corrected chi connectivity index (χ2v) is 4.07. The largest absolute Gasteiger partial charge is 0.480 e. The molecule has 1 fully saturated rings. The van der Waals surface area contributed by atoms with Crippen LogP contribution in [-0.4, -0.2) is 60.6 Å². The Balaban J connectivity index is 2.83. The van der Waals surface area contributed by atoms with Gasteiger partial charge < -0.3 is 10.0 Å². The standard InChI is InChI=1S/C9H18N2O2/c1-10(2)9(8(12)13)5-4-6-11(3)7-9/h4-7H2,1-3H3,(H,12,13). The molecule has 13 heavy (non-hydrogen) atoms. The summed E-state index contributed by atoms with van der Waals surface area (Å²) in [6.45, 7) is 1.62. The van der Waals surface area contributed by atoms with Crippen molar-refractivity contribution in [2.75, 3.05) is 34.2 Å². The fourth-order valence-corrected chi connectivity index (χ4v) is 1.98. The maximum atomic E-state index is 11.2. The molecule has 4 heteroatoms. The van der Waals surface area contributed by atoms with E-state index in [0.29, 0.717) is 6.54 Å². The van der Waals surface area contributed by atoms with Crippen molar-refractivity contribution in [2.24, 2.45) is 0 Å². The van der Waals surface area contributed by atoms with E-state index in [1.54, 1.807) is 0 Å². The minimum atomic E-state index is -0.705. The Bertz CT molecular complexity index is 206. The fourth-order valence-electron chi connectivity index (χ4n) is 1.98. The normalized spacial score (nSPS) is 30.8. The average Bonchev–Trinajstić information content (AvgIpc) is 2.03. The smallest absolute Gasteiger partial charge is 0.325 e. The van der Waals surface area contributed by atoms with Gasteiger partial charge in [-0.15, -0.1) is 0 Å². The topological polar surface area (TPSA) is 43.8 Å². The van der Waals surface area contributed by atoms with Gasteiger partial charge in [0.15, 0.2) is 0 Å². The van der Waals surface area contributed by atoms with Crippen LogP contribution in [0.2, 0.25) is 0 Å². The third-order valence-corrected chi connectivity index (χ3v) is 2.92. The molecular weight excluding hydrogens is 168 g/mol. The van der Waals surface area contributed by atoms with E-state index in [4.69, 9.17) is 0 Å². The maximum Gasteiger partial charge on any atom is 0.325 e. The summed E-state index contributed by atoms with van der Waals surface area (Å²) in [5.41, 5.74) is -0.674. The summed E-state index contributed by atoms with van der Waals surface area (Å²) in [7, 11) is 5.65. The molecule has 0 aromatic heterocycles. The second kappa shape index (κ2) is 3.64. The zero-order valence-corrected chi connectivity index (χ0v) is 8.58. The lowest BCUT2D eigenvalue weighted by Crippen LogP contribution is -2.60. The fraction of sp³-hybridized carbons (Fsp3) is 0.889. The predicted octanol–water partition coefficient (Wildman–Crippen LogP) is 0.0970. The monoisotopic (exact) mass is 186 g/mol. The molecule has 0 radical (unpaired) electrons. The van der Waals surface area contributed by atoms with Crippen molar-refractivity contribution in [3.05, 3.63) is 0 Å². The number of piperidine rings is 1. The van der Waals surface area contributed by atoms with E-state index in [2.05, 4.69) is 4.90 Å². The van der Waals surface area contributed by atoms with Crippen LogP contribution in [0.1, 0.15) is 12.8 Å². The van der Waals surface area contributed by atoms with Crippen LogP contribution in [-0.2, 0) is 4.79 Å². The number of hydrogen-bond donors (Lipinski definition) is 1. The summed E-state index contributed by atoms with van der Waals surface area (Å²) < 4.78 is 0. The van der Waals surface area contributed by atoms with E-state index >= 15 is 0 Å². The first-order chi connectivity index (χ1) is 5.99. The van der Waals surface area contributed by atoms with Crippen LogP contribution in [0.5, 0.6) is 0 Å². The molecule has 4 nitrogen and oxygen atoms in total. The third kappa shape index (κ3) is 1.84. The first-order valence-electron chi connectivity index (χ1n) is 4.58. The Hall–Kier alpha value is -0.610. The van der Waals surface area contributed by atoms with Gasteiger partial charge in [0.1, 0.15) is 5.54 Å². The van der Waals surface area contributed by atoms with Gasteiger partial charge in [-0.1, -0.05) is 0 Å². The van der Waals surface area contributed by atoms with Gasteiger partial charge in [0.05, 0.1) is 0 Å². The second-order valence-electron chi connectivity index (χ2n) is 4.07. The number of carbonyl (C=O) groups is 1. The zero-order chi connectivity index (χ0) is 10.1. The molecule has 0 aromatic carbocycles. The molecule has 1 heterocycles. The number of carboxylic acids is 1. The molecule has 1 aliphatic rings. The maximum absolute atomic E-state index is 11.2. The Morgan fingerprint density at radius 2 is 2.15 bits per heavy atom. The Morgan fingerprint density at radius 1 is 1.54 bits per heavy atom. The van der Waals surface area contributed by atoms with Crippen LogP contribution >= 0.6 is 0 Å². The Morgan fingerprint density at radius 3 is 2.46 bits per heavy atom. The lowest BCUT2D eigenvalue weighted by Gasteiger charge is -2.42. The molecule has 1 aliphatic heterocycles. The molecule has 1 unspecified atom stereocenters. The third-order valence-electron chi connectivity index (χ3n) is 2.92. The van der Waals surface area contributed by atoms with Crippen LogP contribution in [0.3, 0.4) is 0 Å². The van der Waals surface area contributed by atoms with Crippen LogP contribution in [0.15, 0.2) is 0 Å². The molecule has 1 N–H and O–H groups in total. The molecule has 1 rings (SSSR count). The number of hydrogen-bond acceptors (Lipinski definition) is 3. The average molecular weight is 186 g/mol. The summed E-state index contributed by atoms with van der Waals surface area (Å²) in [6, 6.07) is 0. The van der Waals surface area contributed by atoms with Crippen molar-refractivity contribution in [3.8, 4) is 0 Å². The highest BCUT2D eigenvalue weighted by Gasteiger charge is 2.43. The van der Waals surface area contributed by atoms with Gasteiger partial charge in [-0.2, -0.15) is 0 Å². The molecule has 0 bridgehead atoms. The van der Waals surface area contributed by atoms with E-state index in [1.807, 2.05) is 26.0 Å². The summed E-state index contributed by atoms with van der Waals surface area (Å²) >= 11 is 0. The lowest BCUT2D eigenvalue weighted by molar-refractivity contribution is -0.153. The molecule has 0 spiro atoms. The van der Waals surface area contributed by atoms with Gasteiger partial charge in [0.2, 0.25) is 0 Å². The SMILES string of the molecule is CN1CCCC(C(=O)O)(N(C)C)C1. The summed E-state index contributed by atoms with van der Waals surface area (Å²) in [6.07, 6.45) is 1.71. The molecule has 1 saturated heterocycles. The highest BCUT2D eigenvalue weighted by molar-refractivity contribution is 5.79. The van der Waals surface area contributed by atoms with Gasteiger partial charge in [0.25, 0.3) is 0 Å². The Labute approximate surface area is 79.1 Å². The van der Waals surface area contributed by atoms with E-state index in [9.17, 15) is 9.90 Å². The number of nitrogens with zero attached hydrogens (tertiary/aromatic N) is 2. The number of carboxylic acid groups (broad SMARTS) is 1.